The van der Waals surface area contributed by atoms with Gasteiger partial charge in [0.1, 0.15) is 45.5 Å². The number of allylic oxidation sites excluding steroid dienone is 6. The Bertz CT molecular complexity index is 2510. The quantitative estimate of drug-likeness (QED) is 0.149. The van der Waals surface area contributed by atoms with E-state index in [2.05, 4.69) is 0 Å². The minimum absolute atomic E-state index is 0.287. The molecule has 3 aromatic carbocycles. The first-order valence-corrected chi connectivity index (χ1v) is 14.8. The van der Waals surface area contributed by atoms with Crippen molar-refractivity contribution in [3.05, 3.63) is 119 Å². The van der Waals surface area contributed by atoms with E-state index >= 15 is 26.3 Å². The number of nitrogens with zero attached hydrogens (tertiary/aromatic N) is 2. The number of benzene rings is 3. The summed E-state index contributed by atoms with van der Waals surface area (Å²) < 4.78 is 384. The van der Waals surface area contributed by atoms with Gasteiger partial charge in [-0.15, -0.1) is 0 Å². The summed E-state index contributed by atoms with van der Waals surface area (Å²) in [5, 5.41) is 19.6. The van der Waals surface area contributed by atoms with Crippen LogP contribution in [0.2, 0.25) is 0 Å². The van der Waals surface area contributed by atoms with Crippen LogP contribution in [0.1, 0.15) is 57.0 Å². The molecule has 62 heavy (non-hydrogen) atoms. The average Bonchev–Trinajstić information content (AvgIpc) is 3.78. The Labute approximate surface area is 321 Å². The van der Waals surface area contributed by atoms with E-state index in [9.17, 15) is 103 Å². The molecule has 1 fully saturated rings. The Hall–Kier alpha value is -6.03. The topological polar surface area (TPSA) is 47.6 Å². The number of nitriles is 2. The summed E-state index contributed by atoms with van der Waals surface area (Å²) in [4.78, 5) is 0. The highest BCUT2D eigenvalue weighted by Crippen LogP contribution is 2.60. The van der Waals surface area contributed by atoms with Crippen molar-refractivity contribution in [3.8, 4) is 12.1 Å². The molecule has 0 bridgehead atoms. The predicted molar refractivity (Wildman–Crippen MR) is 147 cm³/mol. The van der Waals surface area contributed by atoms with E-state index in [0.717, 1.165) is 0 Å². The third kappa shape index (κ3) is 7.73. The Kier molecular flexibility index (Phi) is 11.6. The number of hydrogen-bond acceptors (Lipinski definition) is 2. The zero-order valence-electron chi connectivity index (χ0n) is 28.1. The zero-order valence-corrected chi connectivity index (χ0v) is 28.1. The Balaban J connectivity index is 2.55. The van der Waals surface area contributed by atoms with Crippen molar-refractivity contribution >= 4 is 16.7 Å². The van der Waals surface area contributed by atoms with E-state index in [-0.39, 0.29) is 19.1 Å². The fourth-order valence-corrected chi connectivity index (χ4v) is 6.01. The molecule has 1 aliphatic carbocycles. The Morgan fingerprint density at radius 2 is 0.516 bits per heavy atom. The lowest BCUT2D eigenvalue weighted by Crippen LogP contribution is -2.22. The van der Waals surface area contributed by atoms with Gasteiger partial charge in [0, 0.05) is 27.8 Å². The van der Waals surface area contributed by atoms with Gasteiger partial charge in [-0.05, 0) is 18.1 Å². The first-order chi connectivity index (χ1) is 27.7. The molecule has 1 saturated carbocycles. The maximum atomic E-state index is 15.4. The summed E-state index contributed by atoms with van der Waals surface area (Å²) in [6, 6.07) is 0.574. The van der Waals surface area contributed by atoms with Crippen molar-refractivity contribution in [1.82, 2.24) is 0 Å². The highest BCUT2D eigenvalue weighted by molar-refractivity contribution is 6.11. The minimum Gasteiger partial charge on any atom is -0.206 e. The molecule has 29 heteroatoms. The maximum Gasteiger partial charge on any atom is 0.422 e. The van der Waals surface area contributed by atoms with E-state index in [4.69, 9.17) is 0 Å². The smallest absolute Gasteiger partial charge is 0.206 e. The highest BCUT2D eigenvalue weighted by Gasteiger charge is 2.55. The number of rotatable bonds is 3. The monoisotopic (exact) mass is 940 g/mol. The molecule has 0 spiro atoms. The van der Waals surface area contributed by atoms with E-state index in [0.29, 0.717) is 0 Å². The molecule has 4 rings (SSSR count). The van der Waals surface area contributed by atoms with E-state index < -0.39 is 173 Å². The molecule has 0 aromatic heterocycles. The van der Waals surface area contributed by atoms with Crippen LogP contribution in [-0.2, 0) is 37.1 Å². The molecular formula is C33H3F27N2. The molecule has 0 aliphatic heterocycles. The lowest BCUT2D eigenvalue weighted by Gasteiger charge is -2.20. The number of hydrogen-bond donors (Lipinski definition) is 0. The van der Waals surface area contributed by atoms with E-state index in [1.807, 2.05) is 0 Å². The second-order valence-electron chi connectivity index (χ2n) is 11.9. The minimum atomic E-state index is -6.86. The lowest BCUT2D eigenvalue weighted by atomic mass is 9.92. The molecule has 2 nitrogen and oxygen atoms in total. The third-order valence-corrected chi connectivity index (χ3v) is 8.32. The fourth-order valence-electron chi connectivity index (χ4n) is 6.01. The second-order valence-corrected chi connectivity index (χ2v) is 11.9. The SMILES string of the molecule is C/C(=C1\C(=C(C#N)c2c(F)c(F)c(C(F)(F)F)c(F)c2C(F)(F)F)\C1=C(\C#N)c1c(F)c(F)c(C(F)(F)F)c(F)c1C(F)(F)F)c1c(F)c(F)c(C(F)(F)F)c(F)c1C(F)(F)F. The number of alkyl halides is 18. The zero-order chi connectivity index (χ0) is 48.3. The van der Waals surface area contributed by atoms with Crippen molar-refractivity contribution in [2.24, 2.45) is 0 Å². The Morgan fingerprint density at radius 3 is 0.726 bits per heavy atom. The first-order valence-electron chi connectivity index (χ1n) is 14.8. The molecule has 3 aromatic rings. The molecule has 0 saturated heterocycles. The van der Waals surface area contributed by atoms with Crippen LogP contribution in [0.4, 0.5) is 119 Å². The van der Waals surface area contributed by atoms with Crippen LogP contribution in [-0.4, -0.2) is 0 Å². The molecule has 1 aliphatic rings. The van der Waals surface area contributed by atoms with Gasteiger partial charge in [-0.25, -0.2) is 39.5 Å². The largest absolute Gasteiger partial charge is 0.422 e. The second kappa shape index (κ2) is 14.8. The van der Waals surface area contributed by atoms with Gasteiger partial charge in [0.25, 0.3) is 0 Å². The van der Waals surface area contributed by atoms with Crippen LogP contribution in [0.25, 0.3) is 16.7 Å². The maximum absolute atomic E-state index is 15.4. The van der Waals surface area contributed by atoms with Crippen LogP contribution < -0.4 is 0 Å². The van der Waals surface area contributed by atoms with Gasteiger partial charge >= 0.3 is 37.1 Å². The number of halogens is 27. The van der Waals surface area contributed by atoms with Crippen LogP contribution in [0, 0.1) is 75.0 Å². The normalized spacial score (nSPS) is 16.6. The molecule has 0 radical (unpaired) electrons. The third-order valence-electron chi connectivity index (χ3n) is 8.32. The Morgan fingerprint density at radius 1 is 0.306 bits per heavy atom. The van der Waals surface area contributed by atoms with Crippen LogP contribution in [0.5, 0.6) is 0 Å². The summed E-state index contributed by atoms with van der Waals surface area (Å²) in [5.41, 5.74) is -47.1. The van der Waals surface area contributed by atoms with Crippen LogP contribution in [0.3, 0.4) is 0 Å². The van der Waals surface area contributed by atoms with Gasteiger partial charge in [-0.1, -0.05) is 0 Å². The average molecular weight is 940 g/mol. The van der Waals surface area contributed by atoms with Crippen molar-refractivity contribution in [3.63, 3.8) is 0 Å². The fraction of sp³-hybridized carbons (Fsp3) is 0.212. The molecule has 0 amide bonds. The van der Waals surface area contributed by atoms with Crippen molar-refractivity contribution in [1.29, 1.82) is 10.5 Å². The van der Waals surface area contributed by atoms with E-state index in [1.165, 1.54) is 0 Å². The van der Waals surface area contributed by atoms with Crippen LogP contribution in [0.15, 0.2) is 16.7 Å². The van der Waals surface area contributed by atoms with Crippen molar-refractivity contribution < 1.29 is 119 Å². The summed E-state index contributed by atoms with van der Waals surface area (Å²) in [7, 11) is 0. The van der Waals surface area contributed by atoms with E-state index in [1.54, 1.807) is 0 Å². The summed E-state index contributed by atoms with van der Waals surface area (Å²) in [5.74, 6) is -33.9. The van der Waals surface area contributed by atoms with Gasteiger partial charge in [0.2, 0.25) is 0 Å². The van der Waals surface area contributed by atoms with Gasteiger partial charge in [-0.3, -0.25) is 0 Å². The van der Waals surface area contributed by atoms with Crippen molar-refractivity contribution in [2.75, 3.05) is 0 Å². The standard InChI is InChI=1S/C33H3F27N2/c1-4(8-13(28(43,44)45)22(37)16(31(52,53)54)25(40)19(8)34)7-9(5(2-61)11-14(29(46,47)48)23(38)17(32(55,56)57)26(41)20(11)35)10(7)6(3-62)12-15(30(49,50)51)24(39)18(33(58,59)60)27(42)21(12)36/h1H3/b7-4-,9-5?,10-6-. The van der Waals surface area contributed by atoms with Gasteiger partial charge in [0.05, 0.1) is 11.1 Å². The summed E-state index contributed by atoms with van der Waals surface area (Å²) >= 11 is 0. The molecule has 0 heterocycles. The lowest BCUT2D eigenvalue weighted by molar-refractivity contribution is -0.151. The predicted octanol–water partition coefficient (Wildman–Crippen LogP) is 13.8. The molecule has 334 valence electrons. The van der Waals surface area contributed by atoms with Gasteiger partial charge < -0.3 is 0 Å². The van der Waals surface area contributed by atoms with Gasteiger partial charge in [-0.2, -0.15) is 89.6 Å². The molecule has 0 N–H and O–H groups in total. The van der Waals surface area contributed by atoms with Gasteiger partial charge in [0.15, 0.2) is 52.4 Å². The molecular weight excluding hydrogens is 937 g/mol. The summed E-state index contributed by atoms with van der Waals surface area (Å²) in [6.45, 7) is -0.310. The summed E-state index contributed by atoms with van der Waals surface area (Å²) in [6.07, 6.45) is -40.5. The van der Waals surface area contributed by atoms with Crippen molar-refractivity contribution in [2.45, 2.75) is 44.0 Å². The highest BCUT2D eigenvalue weighted by atomic mass is 19.4. The first kappa shape index (κ1) is 48.6. The molecule has 0 atom stereocenters. The van der Waals surface area contributed by atoms with Crippen LogP contribution >= 0.6 is 0 Å². The molecule has 0 unspecified atom stereocenters.